The van der Waals surface area contributed by atoms with E-state index in [1.165, 1.54) is 5.56 Å². The van der Waals surface area contributed by atoms with E-state index < -0.39 is 5.72 Å². The van der Waals surface area contributed by atoms with Crippen LogP contribution < -0.4 is 10.1 Å². The van der Waals surface area contributed by atoms with Gasteiger partial charge in [0.1, 0.15) is 11.4 Å². The van der Waals surface area contributed by atoms with E-state index in [4.69, 9.17) is 9.73 Å². The van der Waals surface area contributed by atoms with E-state index in [1.807, 2.05) is 36.5 Å². The van der Waals surface area contributed by atoms with Gasteiger partial charge in [-0.15, -0.1) is 0 Å². The van der Waals surface area contributed by atoms with Crippen LogP contribution in [0.5, 0.6) is 5.75 Å². The van der Waals surface area contributed by atoms with Crippen molar-refractivity contribution in [2.45, 2.75) is 25.0 Å². The average molecular weight is 315 g/mol. The number of pyridine rings is 1. The molecule has 0 radical (unpaired) electrons. The van der Waals surface area contributed by atoms with Gasteiger partial charge in [0.25, 0.3) is 0 Å². The molecule has 118 valence electrons. The molecule has 1 N–H and O–H groups in total. The number of nitrogens with one attached hydrogen (secondary N) is 1. The number of benzene rings is 2. The van der Waals surface area contributed by atoms with Crippen LogP contribution in [0.4, 0.5) is 11.4 Å². The monoisotopic (exact) mass is 315 g/mol. The third-order valence-electron chi connectivity index (χ3n) is 5.22. The Morgan fingerprint density at radius 1 is 1.00 bits per heavy atom. The first-order valence-electron chi connectivity index (χ1n) is 8.10. The van der Waals surface area contributed by atoms with Gasteiger partial charge in [0.2, 0.25) is 5.72 Å². The van der Waals surface area contributed by atoms with Crippen molar-refractivity contribution < 1.29 is 4.74 Å². The maximum atomic E-state index is 6.50. The van der Waals surface area contributed by atoms with E-state index in [-0.39, 0.29) is 5.41 Å². The van der Waals surface area contributed by atoms with Gasteiger partial charge in [0.15, 0.2) is 0 Å². The van der Waals surface area contributed by atoms with Gasteiger partial charge in [-0.2, -0.15) is 0 Å². The topological polar surface area (TPSA) is 46.5 Å². The smallest absolute Gasteiger partial charge is 0.226 e. The Bertz CT molecular complexity index is 1010. The van der Waals surface area contributed by atoms with Crippen molar-refractivity contribution in [1.29, 1.82) is 0 Å². The number of ether oxygens (including phenoxy) is 1. The Labute approximate surface area is 140 Å². The van der Waals surface area contributed by atoms with Crippen LogP contribution in [0.3, 0.4) is 0 Å². The lowest BCUT2D eigenvalue weighted by Gasteiger charge is -2.40. The summed E-state index contributed by atoms with van der Waals surface area (Å²) in [4.78, 5) is 9.18. The van der Waals surface area contributed by atoms with Crippen molar-refractivity contribution in [3.8, 4) is 5.75 Å². The lowest BCUT2D eigenvalue weighted by molar-refractivity contribution is 0.107. The molecule has 2 aliphatic heterocycles. The van der Waals surface area contributed by atoms with E-state index in [9.17, 15) is 0 Å². The van der Waals surface area contributed by atoms with Gasteiger partial charge >= 0.3 is 0 Å². The Balaban J connectivity index is 1.68. The molecule has 0 bridgehead atoms. The van der Waals surface area contributed by atoms with Crippen LogP contribution in [0.1, 0.15) is 19.4 Å². The summed E-state index contributed by atoms with van der Waals surface area (Å²) in [5, 5.41) is 4.55. The van der Waals surface area contributed by atoms with Crippen LogP contribution in [0.15, 0.2) is 59.7 Å². The molecule has 2 aromatic carbocycles. The maximum Gasteiger partial charge on any atom is 0.226 e. The predicted molar refractivity (Wildman–Crippen MR) is 96.3 cm³/mol. The Morgan fingerprint density at radius 2 is 1.88 bits per heavy atom. The van der Waals surface area contributed by atoms with Crippen molar-refractivity contribution in [3.05, 3.63) is 60.3 Å². The fourth-order valence-electron chi connectivity index (χ4n) is 3.73. The van der Waals surface area contributed by atoms with Crippen LogP contribution in [0, 0.1) is 0 Å². The van der Waals surface area contributed by atoms with Crippen molar-refractivity contribution in [2.24, 2.45) is 4.99 Å². The molecule has 3 aromatic rings. The number of nitrogens with zero attached hydrogens (tertiary/aromatic N) is 2. The maximum absolute atomic E-state index is 6.50. The molecule has 5 rings (SSSR count). The molecule has 4 nitrogen and oxygen atoms in total. The fourth-order valence-corrected chi connectivity index (χ4v) is 3.73. The highest BCUT2D eigenvalue weighted by Gasteiger charge is 2.55. The highest BCUT2D eigenvalue weighted by atomic mass is 16.5. The summed E-state index contributed by atoms with van der Waals surface area (Å²) in [5.74, 6) is 0.784. The second kappa shape index (κ2) is 4.35. The number of anilines is 1. The highest BCUT2D eigenvalue weighted by Crippen LogP contribution is 2.51. The third-order valence-corrected chi connectivity index (χ3v) is 5.22. The van der Waals surface area contributed by atoms with Crippen LogP contribution in [-0.2, 0) is 5.41 Å². The van der Waals surface area contributed by atoms with Gasteiger partial charge in [0, 0.05) is 17.3 Å². The van der Waals surface area contributed by atoms with Gasteiger partial charge in [-0.3, -0.25) is 9.98 Å². The predicted octanol–water partition coefficient (Wildman–Crippen LogP) is 4.43. The summed E-state index contributed by atoms with van der Waals surface area (Å²) >= 11 is 0. The summed E-state index contributed by atoms with van der Waals surface area (Å²) in [6.45, 7) is 4.37. The van der Waals surface area contributed by atoms with Crippen molar-refractivity contribution in [2.75, 3.05) is 5.32 Å². The minimum absolute atomic E-state index is 0.241. The normalized spacial score (nSPS) is 22.8. The first kappa shape index (κ1) is 13.5. The largest absolute Gasteiger partial charge is 0.460 e. The number of hydrogen-bond donors (Lipinski definition) is 1. The molecule has 3 heterocycles. The summed E-state index contributed by atoms with van der Waals surface area (Å²) in [6.07, 6.45) is 3.70. The number of hydrogen-bond acceptors (Lipinski definition) is 4. The molecule has 1 unspecified atom stereocenters. The van der Waals surface area contributed by atoms with Crippen LogP contribution in [0.25, 0.3) is 10.9 Å². The molecule has 2 aliphatic rings. The van der Waals surface area contributed by atoms with Crippen molar-refractivity contribution in [3.63, 3.8) is 0 Å². The van der Waals surface area contributed by atoms with E-state index in [2.05, 4.69) is 42.3 Å². The van der Waals surface area contributed by atoms with Gasteiger partial charge < -0.3 is 10.1 Å². The molecular formula is C20H17N3O. The minimum Gasteiger partial charge on any atom is -0.460 e. The number of aromatic nitrogens is 1. The molecule has 4 heteroatoms. The van der Waals surface area contributed by atoms with Crippen LogP contribution in [0.2, 0.25) is 0 Å². The molecule has 0 fully saturated rings. The van der Waals surface area contributed by atoms with Gasteiger partial charge in [0.05, 0.1) is 17.1 Å². The molecule has 1 aromatic heterocycles. The zero-order valence-corrected chi connectivity index (χ0v) is 13.6. The molecule has 1 spiro atoms. The molecule has 1 atom stereocenters. The van der Waals surface area contributed by atoms with Crippen molar-refractivity contribution >= 4 is 28.5 Å². The van der Waals surface area contributed by atoms with E-state index in [1.54, 1.807) is 6.20 Å². The van der Waals surface area contributed by atoms with Gasteiger partial charge in [-0.25, -0.2) is 0 Å². The first-order valence-corrected chi connectivity index (χ1v) is 8.10. The Morgan fingerprint density at radius 3 is 2.75 bits per heavy atom. The SMILES string of the molecule is CC1(C)c2ccccc2NC12C=Nc1c(ccc3ncccc13)O2. The Hall–Kier alpha value is -2.88. The summed E-state index contributed by atoms with van der Waals surface area (Å²) in [6, 6.07) is 16.2. The number of rotatable bonds is 0. The average Bonchev–Trinajstić information content (AvgIpc) is 2.82. The second-order valence-corrected chi connectivity index (χ2v) is 6.87. The lowest BCUT2D eigenvalue weighted by Crippen LogP contribution is -2.56. The number of aliphatic imine (C=N–C) groups is 1. The first-order chi connectivity index (χ1) is 11.6. The fraction of sp³-hybridized carbons (Fsp3) is 0.200. The van der Waals surface area contributed by atoms with Crippen LogP contribution >= 0.6 is 0 Å². The van der Waals surface area contributed by atoms with E-state index >= 15 is 0 Å². The zero-order valence-electron chi connectivity index (χ0n) is 13.6. The van der Waals surface area contributed by atoms with Crippen molar-refractivity contribution in [1.82, 2.24) is 4.98 Å². The second-order valence-electron chi connectivity index (χ2n) is 6.87. The summed E-state index contributed by atoms with van der Waals surface area (Å²) in [5.41, 5.74) is 3.19. The summed E-state index contributed by atoms with van der Waals surface area (Å²) < 4.78 is 6.50. The zero-order chi connectivity index (χ0) is 16.4. The minimum atomic E-state index is -0.681. The molecule has 0 saturated carbocycles. The summed E-state index contributed by atoms with van der Waals surface area (Å²) in [7, 11) is 0. The molecule has 0 saturated heterocycles. The lowest BCUT2D eigenvalue weighted by atomic mass is 9.78. The highest BCUT2D eigenvalue weighted by molar-refractivity contribution is 5.98. The quantitative estimate of drug-likeness (QED) is 0.667. The van der Waals surface area contributed by atoms with Gasteiger partial charge in [-0.1, -0.05) is 18.2 Å². The number of fused-ring (bicyclic) bond motifs is 4. The molecule has 0 aliphatic carbocycles. The van der Waals surface area contributed by atoms with Gasteiger partial charge in [-0.05, 0) is 49.7 Å². The van der Waals surface area contributed by atoms with E-state index in [0.29, 0.717) is 0 Å². The number of para-hydroxylation sites is 1. The molecular weight excluding hydrogens is 298 g/mol. The third kappa shape index (κ3) is 1.58. The van der Waals surface area contributed by atoms with Crippen LogP contribution in [-0.4, -0.2) is 16.9 Å². The molecule has 0 amide bonds. The molecule has 24 heavy (non-hydrogen) atoms. The van der Waals surface area contributed by atoms with E-state index in [0.717, 1.165) is 28.0 Å². The standard InChI is InChI=1S/C20H17N3O/c1-19(2)14-7-3-4-8-16(14)23-20(19)12-22-18-13-6-5-11-21-15(13)9-10-17(18)24-20/h3-12,23H,1-2H3. The Kier molecular flexibility index (Phi) is 2.46.